The maximum atomic E-state index is 5.01. The van der Waals surface area contributed by atoms with Gasteiger partial charge in [-0.25, -0.2) is 4.98 Å². The van der Waals surface area contributed by atoms with Gasteiger partial charge in [-0.05, 0) is 18.6 Å². The molecule has 0 saturated carbocycles. The molecule has 0 bridgehead atoms. The second-order valence-corrected chi connectivity index (χ2v) is 3.82. The maximum Gasteiger partial charge on any atom is 0.212 e. The predicted octanol–water partition coefficient (Wildman–Crippen LogP) is 1.66. The van der Waals surface area contributed by atoms with Crippen LogP contribution in [-0.4, -0.2) is 22.3 Å². The molecule has 5 nitrogen and oxygen atoms in total. The van der Waals surface area contributed by atoms with Gasteiger partial charge in [-0.3, -0.25) is 5.10 Å². The molecule has 0 saturated heterocycles. The highest BCUT2D eigenvalue weighted by Gasteiger charge is 2.05. The Morgan fingerprint density at radius 2 is 2.29 bits per heavy atom. The lowest BCUT2D eigenvalue weighted by Crippen LogP contribution is -2.18. The third-order valence-electron chi connectivity index (χ3n) is 2.61. The Morgan fingerprint density at radius 3 is 2.88 bits per heavy atom. The number of rotatable bonds is 5. The van der Waals surface area contributed by atoms with Crippen molar-refractivity contribution in [3.8, 4) is 5.88 Å². The number of aromatic nitrogens is 3. The number of nitrogens with zero attached hydrogens (tertiary/aromatic N) is 2. The van der Waals surface area contributed by atoms with Crippen LogP contribution in [0.4, 0.5) is 0 Å². The largest absolute Gasteiger partial charge is 0.481 e. The van der Waals surface area contributed by atoms with Gasteiger partial charge in [0, 0.05) is 31.0 Å². The molecule has 0 fully saturated rings. The van der Waals surface area contributed by atoms with Gasteiger partial charge in [0.25, 0.3) is 0 Å². The lowest BCUT2D eigenvalue weighted by atomic mass is 10.2. The number of pyridine rings is 1. The quantitative estimate of drug-likeness (QED) is 0.823. The molecule has 2 heterocycles. The number of hydrogen-bond donors (Lipinski definition) is 2. The van der Waals surface area contributed by atoms with Crippen LogP contribution < -0.4 is 10.1 Å². The minimum absolute atomic E-state index is 0.236. The molecular weight excluding hydrogens is 216 g/mol. The van der Waals surface area contributed by atoms with Crippen LogP contribution in [0, 0.1) is 0 Å². The van der Waals surface area contributed by atoms with Crippen molar-refractivity contribution in [3.63, 3.8) is 0 Å². The number of aromatic amines is 1. The van der Waals surface area contributed by atoms with Crippen molar-refractivity contribution in [2.75, 3.05) is 7.11 Å². The normalized spacial score (nSPS) is 12.4. The summed E-state index contributed by atoms with van der Waals surface area (Å²) in [5.74, 6) is 0.635. The van der Waals surface area contributed by atoms with Crippen LogP contribution in [0.3, 0.4) is 0 Å². The van der Waals surface area contributed by atoms with E-state index in [4.69, 9.17) is 4.74 Å². The van der Waals surface area contributed by atoms with Crippen LogP contribution in [0.1, 0.15) is 24.2 Å². The second-order valence-electron chi connectivity index (χ2n) is 3.82. The summed E-state index contributed by atoms with van der Waals surface area (Å²) in [4.78, 5) is 4.16. The van der Waals surface area contributed by atoms with E-state index in [2.05, 4.69) is 27.4 Å². The van der Waals surface area contributed by atoms with Gasteiger partial charge >= 0.3 is 0 Å². The Balaban J connectivity index is 1.89. The number of hydrogen-bond acceptors (Lipinski definition) is 4. The van der Waals surface area contributed by atoms with E-state index in [1.807, 2.05) is 24.4 Å². The van der Waals surface area contributed by atoms with Crippen molar-refractivity contribution < 1.29 is 4.74 Å². The lowest BCUT2D eigenvalue weighted by molar-refractivity contribution is 0.397. The third kappa shape index (κ3) is 3.04. The summed E-state index contributed by atoms with van der Waals surface area (Å²) in [6.45, 7) is 2.85. The number of methoxy groups -OCH3 is 1. The fraction of sp³-hybridized carbons (Fsp3) is 0.333. The molecule has 2 aromatic heterocycles. The van der Waals surface area contributed by atoms with Crippen molar-refractivity contribution in [2.24, 2.45) is 0 Å². The van der Waals surface area contributed by atoms with Crippen molar-refractivity contribution >= 4 is 0 Å². The molecule has 1 atom stereocenters. The maximum absolute atomic E-state index is 5.01. The van der Waals surface area contributed by atoms with Crippen LogP contribution in [0.5, 0.6) is 5.88 Å². The topological polar surface area (TPSA) is 62.8 Å². The number of nitrogens with one attached hydrogen (secondary N) is 2. The highest BCUT2D eigenvalue weighted by molar-refractivity contribution is 5.17. The van der Waals surface area contributed by atoms with E-state index >= 15 is 0 Å². The van der Waals surface area contributed by atoms with E-state index in [1.165, 1.54) is 0 Å². The summed E-state index contributed by atoms with van der Waals surface area (Å²) in [5, 5.41) is 10.3. The van der Waals surface area contributed by atoms with E-state index in [-0.39, 0.29) is 6.04 Å². The van der Waals surface area contributed by atoms with Crippen LogP contribution >= 0.6 is 0 Å². The fourth-order valence-electron chi connectivity index (χ4n) is 1.52. The second kappa shape index (κ2) is 5.45. The fourth-order valence-corrected chi connectivity index (χ4v) is 1.52. The zero-order chi connectivity index (χ0) is 12.1. The highest BCUT2D eigenvalue weighted by Crippen LogP contribution is 2.10. The standard InChI is InChI=1S/C12H16N4O/c1-9(11-5-6-15-16-11)13-7-10-3-4-12(17-2)14-8-10/h3-6,8-9,13H,7H2,1-2H3,(H,15,16). The zero-order valence-corrected chi connectivity index (χ0v) is 9.97. The summed E-state index contributed by atoms with van der Waals surface area (Å²) < 4.78 is 5.01. The van der Waals surface area contributed by atoms with Crippen LogP contribution in [0.2, 0.25) is 0 Å². The van der Waals surface area contributed by atoms with Gasteiger partial charge < -0.3 is 10.1 Å². The van der Waals surface area contributed by atoms with E-state index in [0.717, 1.165) is 17.8 Å². The minimum atomic E-state index is 0.236. The molecule has 0 aromatic carbocycles. The van der Waals surface area contributed by atoms with Gasteiger partial charge in [0.1, 0.15) is 0 Å². The summed E-state index contributed by atoms with van der Waals surface area (Å²) in [6.07, 6.45) is 3.56. The van der Waals surface area contributed by atoms with Gasteiger partial charge in [-0.2, -0.15) is 5.10 Å². The number of ether oxygens (including phenoxy) is 1. The van der Waals surface area contributed by atoms with Crippen LogP contribution in [-0.2, 0) is 6.54 Å². The smallest absolute Gasteiger partial charge is 0.212 e. The first-order chi connectivity index (χ1) is 8.29. The Kier molecular flexibility index (Phi) is 3.72. The molecule has 0 amide bonds. The monoisotopic (exact) mass is 232 g/mol. The van der Waals surface area contributed by atoms with Gasteiger partial charge in [-0.15, -0.1) is 0 Å². The van der Waals surface area contributed by atoms with Gasteiger partial charge in [0.15, 0.2) is 0 Å². The first-order valence-electron chi connectivity index (χ1n) is 5.51. The Labute approximate surface area is 100 Å². The zero-order valence-electron chi connectivity index (χ0n) is 9.97. The molecule has 0 aliphatic carbocycles. The SMILES string of the molecule is COc1ccc(CNC(C)c2ccn[nH]2)cn1. The van der Waals surface area contributed by atoms with Gasteiger partial charge in [0.05, 0.1) is 12.8 Å². The highest BCUT2D eigenvalue weighted by atomic mass is 16.5. The van der Waals surface area contributed by atoms with E-state index < -0.39 is 0 Å². The van der Waals surface area contributed by atoms with Crippen molar-refractivity contribution in [2.45, 2.75) is 19.5 Å². The summed E-state index contributed by atoms with van der Waals surface area (Å²) in [6, 6.07) is 6.06. The lowest BCUT2D eigenvalue weighted by Gasteiger charge is -2.11. The Morgan fingerprint density at radius 1 is 1.41 bits per heavy atom. The Hall–Kier alpha value is -1.88. The van der Waals surface area contributed by atoms with Crippen molar-refractivity contribution in [1.82, 2.24) is 20.5 Å². The molecule has 0 aliphatic heterocycles. The molecule has 90 valence electrons. The molecule has 0 aliphatic rings. The van der Waals surface area contributed by atoms with E-state index in [1.54, 1.807) is 13.3 Å². The molecule has 2 rings (SSSR count). The molecule has 0 spiro atoms. The molecule has 17 heavy (non-hydrogen) atoms. The first kappa shape index (κ1) is 11.6. The van der Waals surface area contributed by atoms with Crippen molar-refractivity contribution in [1.29, 1.82) is 0 Å². The Bertz CT molecular complexity index is 438. The first-order valence-corrected chi connectivity index (χ1v) is 5.51. The minimum Gasteiger partial charge on any atom is -0.481 e. The van der Waals surface area contributed by atoms with E-state index in [9.17, 15) is 0 Å². The molecule has 2 aromatic rings. The molecule has 2 N–H and O–H groups in total. The third-order valence-corrected chi connectivity index (χ3v) is 2.61. The van der Waals surface area contributed by atoms with Gasteiger partial charge in [-0.1, -0.05) is 6.07 Å². The number of H-pyrrole nitrogens is 1. The predicted molar refractivity (Wildman–Crippen MR) is 64.6 cm³/mol. The van der Waals surface area contributed by atoms with Gasteiger partial charge in [0.2, 0.25) is 5.88 Å². The summed E-state index contributed by atoms with van der Waals surface area (Å²) >= 11 is 0. The average molecular weight is 232 g/mol. The van der Waals surface area contributed by atoms with Crippen molar-refractivity contribution in [3.05, 3.63) is 41.9 Å². The summed E-state index contributed by atoms with van der Waals surface area (Å²) in [5.41, 5.74) is 2.20. The molecule has 1 unspecified atom stereocenters. The van der Waals surface area contributed by atoms with E-state index in [0.29, 0.717) is 5.88 Å². The molecule has 0 radical (unpaired) electrons. The molecular formula is C12H16N4O. The summed E-state index contributed by atoms with van der Waals surface area (Å²) in [7, 11) is 1.61. The molecule has 5 heteroatoms. The van der Waals surface area contributed by atoms with Crippen LogP contribution in [0.25, 0.3) is 0 Å². The van der Waals surface area contributed by atoms with Crippen LogP contribution in [0.15, 0.2) is 30.6 Å². The average Bonchev–Trinajstić information content (AvgIpc) is 2.90.